The van der Waals surface area contributed by atoms with Crippen molar-refractivity contribution in [2.45, 2.75) is 0 Å². The van der Waals surface area contributed by atoms with Crippen LogP contribution in [0.4, 0.5) is 11.4 Å². The summed E-state index contributed by atoms with van der Waals surface area (Å²) < 4.78 is 5.46. The smallest absolute Gasteiger partial charge is 0.271 e. The van der Waals surface area contributed by atoms with Crippen molar-refractivity contribution in [2.75, 3.05) is 18.1 Å². The molecule has 6 nitrogen and oxygen atoms in total. The molecule has 0 N–H and O–H groups in total. The zero-order valence-electron chi connectivity index (χ0n) is 11.4. The van der Waals surface area contributed by atoms with E-state index in [1.807, 2.05) is 0 Å². The topological polar surface area (TPSA) is 72.7 Å². The Morgan fingerprint density at radius 2 is 1.95 bits per heavy atom. The number of carbonyl (C=O) groups is 1. The predicted molar refractivity (Wildman–Crippen MR) is 81.7 cm³/mol. The zero-order chi connectivity index (χ0) is 15.7. The minimum atomic E-state index is -0.500. The summed E-state index contributed by atoms with van der Waals surface area (Å²) in [4.78, 5) is 24.5. The third kappa shape index (κ3) is 2.60. The Kier molecular flexibility index (Phi) is 3.68. The van der Waals surface area contributed by atoms with Crippen LogP contribution in [0, 0.1) is 10.1 Å². The van der Waals surface area contributed by atoms with Crippen LogP contribution in [0.3, 0.4) is 0 Å². The second-order valence-corrected chi connectivity index (χ2v) is 5.16. The third-order valence-electron chi connectivity index (χ3n) is 3.35. The number of anilines is 1. The molecule has 0 saturated carbocycles. The molecule has 0 spiro atoms. The van der Waals surface area contributed by atoms with Gasteiger partial charge in [-0.15, -0.1) is 0 Å². The number of non-ortho nitro benzene ring substituents is 1. The molecule has 0 radical (unpaired) electrons. The first-order valence-electron chi connectivity index (χ1n) is 6.55. The van der Waals surface area contributed by atoms with Gasteiger partial charge in [-0.2, -0.15) is 0 Å². The molecule has 7 heteroatoms. The van der Waals surface area contributed by atoms with Crippen LogP contribution in [0.15, 0.2) is 42.5 Å². The Morgan fingerprint density at radius 1 is 1.23 bits per heavy atom. The Bertz CT molecular complexity index is 746. The molecule has 0 unspecified atom stereocenters. The van der Waals surface area contributed by atoms with Crippen LogP contribution in [0.5, 0.6) is 5.75 Å². The lowest BCUT2D eigenvalue weighted by Crippen LogP contribution is -2.38. The molecule has 1 aliphatic rings. The number of nitro groups is 1. The van der Waals surface area contributed by atoms with E-state index in [2.05, 4.69) is 0 Å². The summed E-state index contributed by atoms with van der Waals surface area (Å²) in [7, 11) is 0. The van der Waals surface area contributed by atoms with E-state index < -0.39 is 4.92 Å². The largest absolute Gasteiger partial charge is 0.490 e. The van der Waals surface area contributed by atoms with Gasteiger partial charge in [-0.05, 0) is 30.3 Å². The first-order valence-corrected chi connectivity index (χ1v) is 6.93. The van der Waals surface area contributed by atoms with E-state index in [9.17, 15) is 14.9 Å². The summed E-state index contributed by atoms with van der Waals surface area (Å²) in [6.45, 7) is 0.666. The van der Waals surface area contributed by atoms with Crippen molar-refractivity contribution in [1.82, 2.24) is 0 Å². The minimum Gasteiger partial charge on any atom is -0.490 e. The van der Waals surface area contributed by atoms with Crippen LogP contribution < -0.4 is 9.64 Å². The maximum atomic E-state index is 12.6. The number of benzene rings is 2. The third-order valence-corrected chi connectivity index (χ3v) is 3.60. The van der Waals surface area contributed by atoms with Gasteiger partial charge >= 0.3 is 0 Å². The minimum absolute atomic E-state index is 0.0850. The number of rotatable bonds is 2. The van der Waals surface area contributed by atoms with E-state index in [-0.39, 0.29) is 11.6 Å². The number of fused-ring (bicyclic) bond motifs is 1. The summed E-state index contributed by atoms with van der Waals surface area (Å²) in [5.74, 6) is 0.209. The highest BCUT2D eigenvalue weighted by Gasteiger charge is 2.26. The van der Waals surface area contributed by atoms with Crippen molar-refractivity contribution >= 4 is 28.9 Å². The highest BCUT2D eigenvalue weighted by molar-refractivity contribution is 6.30. The van der Waals surface area contributed by atoms with Gasteiger partial charge in [-0.25, -0.2) is 0 Å². The van der Waals surface area contributed by atoms with Gasteiger partial charge in [0.2, 0.25) is 0 Å². The highest BCUT2D eigenvalue weighted by atomic mass is 35.5. The van der Waals surface area contributed by atoms with Gasteiger partial charge in [-0.1, -0.05) is 11.6 Å². The van der Waals surface area contributed by atoms with Crippen molar-refractivity contribution in [3.05, 3.63) is 63.2 Å². The fraction of sp³-hybridized carbons (Fsp3) is 0.133. The maximum absolute atomic E-state index is 12.6. The van der Waals surface area contributed by atoms with E-state index in [4.69, 9.17) is 16.3 Å². The molecule has 1 heterocycles. The molecule has 0 aliphatic carbocycles. The van der Waals surface area contributed by atoms with E-state index in [1.165, 1.54) is 23.1 Å². The van der Waals surface area contributed by atoms with E-state index in [0.29, 0.717) is 35.2 Å². The van der Waals surface area contributed by atoms with Crippen LogP contribution in [0.25, 0.3) is 0 Å². The average molecular weight is 319 g/mol. The maximum Gasteiger partial charge on any atom is 0.271 e. The molecule has 0 aromatic heterocycles. The first kappa shape index (κ1) is 14.3. The molecule has 112 valence electrons. The van der Waals surface area contributed by atoms with Gasteiger partial charge < -0.3 is 9.64 Å². The van der Waals surface area contributed by atoms with Gasteiger partial charge in [0.25, 0.3) is 11.6 Å². The summed E-state index contributed by atoms with van der Waals surface area (Å²) in [6.07, 6.45) is 0. The lowest BCUT2D eigenvalue weighted by Gasteiger charge is -2.29. The Hall–Kier alpha value is -2.60. The van der Waals surface area contributed by atoms with Gasteiger partial charge in [-0.3, -0.25) is 14.9 Å². The second-order valence-electron chi connectivity index (χ2n) is 4.72. The quantitative estimate of drug-likeness (QED) is 0.629. The number of carbonyl (C=O) groups excluding carboxylic acids is 1. The average Bonchev–Trinajstić information content (AvgIpc) is 2.53. The summed E-state index contributed by atoms with van der Waals surface area (Å²) in [5.41, 5.74) is 0.780. The molecule has 3 rings (SSSR count). The van der Waals surface area contributed by atoms with Gasteiger partial charge in [0.1, 0.15) is 12.4 Å². The first-order chi connectivity index (χ1) is 10.6. The molecule has 0 atom stereocenters. The van der Waals surface area contributed by atoms with E-state index >= 15 is 0 Å². The summed E-state index contributed by atoms with van der Waals surface area (Å²) in [6, 6.07) is 10.7. The molecular formula is C15H11ClN2O4. The van der Waals surface area contributed by atoms with Crippen molar-refractivity contribution in [3.63, 3.8) is 0 Å². The molecule has 0 fully saturated rings. The van der Waals surface area contributed by atoms with Gasteiger partial charge in [0.05, 0.1) is 17.2 Å². The van der Waals surface area contributed by atoms with E-state index in [1.54, 1.807) is 24.3 Å². The molecule has 1 aliphatic heterocycles. The lowest BCUT2D eigenvalue weighted by molar-refractivity contribution is -0.384. The standard InChI is InChI=1S/C15H11ClN2O4/c16-11-3-1-10(2-4-11)15(19)17-7-8-22-14-6-5-12(18(20)21)9-13(14)17/h1-6,9H,7-8H2. The van der Waals surface area contributed by atoms with Crippen molar-refractivity contribution in [2.24, 2.45) is 0 Å². The molecule has 2 aromatic rings. The Morgan fingerprint density at radius 3 is 2.64 bits per heavy atom. The number of ether oxygens (including phenoxy) is 1. The highest BCUT2D eigenvalue weighted by Crippen LogP contribution is 2.35. The van der Waals surface area contributed by atoms with Crippen LogP contribution in [-0.4, -0.2) is 24.0 Å². The van der Waals surface area contributed by atoms with Crippen LogP contribution in [0.1, 0.15) is 10.4 Å². The fourth-order valence-corrected chi connectivity index (χ4v) is 2.40. The molecule has 2 aromatic carbocycles. The number of hydrogen-bond donors (Lipinski definition) is 0. The van der Waals surface area contributed by atoms with E-state index in [0.717, 1.165) is 0 Å². The van der Waals surface area contributed by atoms with Crippen molar-refractivity contribution in [1.29, 1.82) is 0 Å². The molecule has 22 heavy (non-hydrogen) atoms. The number of amides is 1. The zero-order valence-corrected chi connectivity index (χ0v) is 12.1. The Balaban J connectivity index is 1.99. The predicted octanol–water partition coefficient (Wildman–Crippen LogP) is 3.29. The summed E-state index contributed by atoms with van der Waals surface area (Å²) in [5, 5.41) is 11.5. The van der Waals surface area contributed by atoms with Gasteiger partial charge in [0.15, 0.2) is 0 Å². The summed E-state index contributed by atoms with van der Waals surface area (Å²) >= 11 is 5.82. The molecular weight excluding hydrogens is 308 g/mol. The molecule has 0 bridgehead atoms. The van der Waals surface area contributed by atoms with Gasteiger partial charge in [0, 0.05) is 22.7 Å². The fourth-order valence-electron chi connectivity index (χ4n) is 2.28. The number of nitrogens with zero attached hydrogens (tertiary/aromatic N) is 2. The number of nitro benzene ring substituents is 1. The Labute approximate surface area is 131 Å². The van der Waals surface area contributed by atoms with Crippen LogP contribution >= 0.6 is 11.6 Å². The normalized spacial score (nSPS) is 13.2. The van der Waals surface area contributed by atoms with Crippen LogP contribution in [-0.2, 0) is 0 Å². The van der Waals surface area contributed by atoms with Crippen LogP contribution in [0.2, 0.25) is 5.02 Å². The van der Waals surface area contributed by atoms with Crippen molar-refractivity contribution in [3.8, 4) is 5.75 Å². The number of halogens is 1. The molecule has 0 saturated heterocycles. The SMILES string of the molecule is O=C(c1ccc(Cl)cc1)N1CCOc2ccc([N+](=O)[O-])cc21. The lowest BCUT2D eigenvalue weighted by atomic mass is 10.1. The monoisotopic (exact) mass is 318 g/mol. The van der Waals surface area contributed by atoms with Crippen molar-refractivity contribution < 1.29 is 14.5 Å². The number of hydrogen-bond acceptors (Lipinski definition) is 4. The second kappa shape index (κ2) is 5.65. The molecule has 1 amide bonds.